The van der Waals surface area contributed by atoms with Gasteiger partial charge in [-0.1, -0.05) is 36.4 Å². The molecule has 0 aromatic heterocycles. The molecule has 0 aliphatic carbocycles. The summed E-state index contributed by atoms with van der Waals surface area (Å²) in [6.07, 6.45) is -4.13. The summed E-state index contributed by atoms with van der Waals surface area (Å²) in [7, 11) is 0. The predicted octanol–water partition coefficient (Wildman–Crippen LogP) is 4.10. The van der Waals surface area contributed by atoms with E-state index in [2.05, 4.69) is 0 Å². The van der Waals surface area contributed by atoms with Gasteiger partial charge in [-0.3, -0.25) is 0 Å². The van der Waals surface area contributed by atoms with Gasteiger partial charge in [0.05, 0.1) is 17.7 Å². The van der Waals surface area contributed by atoms with Crippen LogP contribution in [0.1, 0.15) is 21.5 Å². The summed E-state index contributed by atoms with van der Waals surface area (Å²) in [5.74, 6) is -0.484. The molecule has 2 rings (SSSR count). The summed E-state index contributed by atoms with van der Waals surface area (Å²) >= 11 is 0. The highest BCUT2D eigenvalue weighted by Crippen LogP contribution is 2.29. The monoisotopic (exact) mass is 294 g/mol. The zero-order chi connectivity index (χ0) is 15.3. The third-order valence-corrected chi connectivity index (χ3v) is 2.89. The number of rotatable bonds is 4. The van der Waals surface area contributed by atoms with E-state index in [0.717, 1.165) is 12.1 Å². The predicted molar refractivity (Wildman–Crippen MR) is 71.9 cm³/mol. The molecule has 0 aliphatic rings. The first kappa shape index (κ1) is 15.1. The molecule has 0 saturated heterocycles. The minimum absolute atomic E-state index is 0.0367. The standard InChI is InChI=1S/C16H13F3O2/c17-16(18,19)14-8-4-5-12(11-14)9-10-21-15(20)13-6-2-1-3-7-13/h1-8,11H,9-10H2. The summed E-state index contributed by atoms with van der Waals surface area (Å²) in [5.41, 5.74) is 0.196. The van der Waals surface area contributed by atoms with Crippen LogP contribution < -0.4 is 0 Å². The maximum Gasteiger partial charge on any atom is 0.416 e. The molecule has 0 bridgehead atoms. The first-order valence-electron chi connectivity index (χ1n) is 6.35. The molecule has 0 fully saturated rings. The van der Waals surface area contributed by atoms with Crippen LogP contribution in [0.25, 0.3) is 0 Å². The van der Waals surface area contributed by atoms with Crippen molar-refractivity contribution in [1.29, 1.82) is 0 Å². The highest BCUT2D eigenvalue weighted by molar-refractivity contribution is 5.89. The Balaban J connectivity index is 1.91. The normalized spacial score (nSPS) is 11.2. The lowest BCUT2D eigenvalue weighted by atomic mass is 10.1. The fourth-order valence-corrected chi connectivity index (χ4v) is 1.82. The van der Waals surface area contributed by atoms with Crippen LogP contribution in [0.2, 0.25) is 0 Å². The number of hydrogen-bond donors (Lipinski definition) is 0. The van der Waals surface area contributed by atoms with Gasteiger partial charge in [0, 0.05) is 6.42 Å². The molecule has 0 heterocycles. The highest BCUT2D eigenvalue weighted by atomic mass is 19.4. The molecule has 0 amide bonds. The second-order valence-corrected chi connectivity index (χ2v) is 4.45. The van der Waals surface area contributed by atoms with Gasteiger partial charge < -0.3 is 4.74 Å². The zero-order valence-corrected chi connectivity index (χ0v) is 11.1. The second-order valence-electron chi connectivity index (χ2n) is 4.45. The van der Waals surface area contributed by atoms with Crippen LogP contribution >= 0.6 is 0 Å². The Kier molecular flexibility index (Phi) is 4.62. The van der Waals surface area contributed by atoms with E-state index in [1.165, 1.54) is 6.07 Å². The van der Waals surface area contributed by atoms with Gasteiger partial charge in [0.1, 0.15) is 0 Å². The van der Waals surface area contributed by atoms with Crippen molar-refractivity contribution in [2.24, 2.45) is 0 Å². The van der Waals surface area contributed by atoms with Crippen molar-refractivity contribution in [3.05, 3.63) is 71.3 Å². The molecule has 2 aromatic rings. The summed E-state index contributed by atoms with van der Waals surface area (Å²) < 4.78 is 42.7. The van der Waals surface area contributed by atoms with Crippen LogP contribution in [-0.4, -0.2) is 12.6 Å². The number of benzene rings is 2. The van der Waals surface area contributed by atoms with E-state index in [1.54, 1.807) is 36.4 Å². The van der Waals surface area contributed by atoms with Crippen molar-refractivity contribution in [1.82, 2.24) is 0 Å². The smallest absolute Gasteiger partial charge is 0.416 e. The average Bonchev–Trinajstić information content (AvgIpc) is 2.47. The van der Waals surface area contributed by atoms with Crippen molar-refractivity contribution >= 4 is 5.97 Å². The summed E-state index contributed by atoms with van der Waals surface area (Å²) in [4.78, 5) is 11.7. The molecule has 0 atom stereocenters. The third-order valence-electron chi connectivity index (χ3n) is 2.89. The number of esters is 1. The summed E-state index contributed by atoms with van der Waals surface area (Å²) in [5, 5.41) is 0. The van der Waals surface area contributed by atoms with Crippen molar-refractivity contribution < 1.29 is 22.7 Å². The maximum atomic E-state index is 12.6. The lowest BCUT2D eigenvalue weighted by molar-refractivity contribution is -0.137. The molecule has 5 heteroatoms. The van der Waals surface area contributed by atoms with E-state index in [-0.39, 0.29) is 13.0 Å². The fraction of sp³-hybridized carbons (Fsp3) is 0.188. The van der Waals surface area contributed by atoms with Gasteiger partial charge in [-0.15, -0.1) is 0 Å². The van der Waals surface area contributed by atoms with Crippen LogP contribution in [0.3, 0.4) is 0 Å². The lowest BCUT2D eigenvalue weighted by Crippen LogP contribution is -2.09. The molecular weight excluding hydrogens is 281 g/mol. The van der Waals surface area contributed by atoms with Gasteiger partial charge in [0.25, 0.3) is 0 Å². The van der Waals surface area contributed by atoms with Gasteiger partial charge in [-0.25, -0.2) is 4.79 Å². The maximum absolute atomic E-state index is 12.6. The lowest BCUT2D eigenvalue weighted by Gasteiger charge is -2.09. The van der Waals surface area contributed by atoms with Crippen LogP contribution in [0.5, 0.6) is 0 Å². The van der Waals surface area contributed by atoms with Gasteiger partial charge in [-0.2, -0.15) is 13.2 Å². The molecule has 0 unspecified atom stereocenters. The molecule has 0 aliphatic heterocycles. The number of hydrogen-bond acceptors (Lipinski definition) is 2. The van der Waals surface area contributed by atoms with E-state index in [1.807, 2.05) is 0 Å². The molecule has 0 radical (unpaired) electrons. The molecule has 21 heavy (non-hydrogen) atoms. The van der Waals surface area contributed by atoms with E-state index in [4.69, 9.17) is 4.74 Å². The Morgan fingerprint density at radius 1 is 1.00 bits per heavy atom. The minimum Gasteiger partial charge on any atom is -0.462 e. The Morgan fingerprint density at radius 2 is 1.71 bits per heavy atom. The number of alkyl halides is 3. The van der Waals surface area contributed by atoms with Gasteiger partial charge in [-0.05, 0) is 23.8 Å². The van der Waals surface area contributed by atoms with E-state index >= 15 is 0 Å². The van der Waals surface area contributed by atoms with Crippen LogP contribution in [0.15, 0.2) is 54.6 Å². The Labute approximate surface area is 120 Å². The van der Waals surface area contributed by atoms with Crippen molar-refractivity contribution in [2.75, 3.05) is 6.61 Å². The molecule has 110 valence electrons. The van der Waals surface area contributed by atoms with Crippen molar-refractivity contribution in [2.45, 2.75) is 12.6 Å². The van der Waals surface area contributed by atoms with Crippen molar-refractivity contribution in [3.8, 4) is 0 Å². The average molecular weight is 294 g/mol. The molecule has 0 saturated carbocycles. The fourth-order valence-electron chi connectivity index (χ4n) is 1.82. The van der Waals surface area contributed by atoms with E-state index in [0.29, 0.717) is 11.1 Å². The number of carbonyl (C=O) groups is 1. The Bertz CT molecular complexity index is 606. The molecule has 0 spiro atoms. The van der Waals surface area contributed by atoms with Crippen LogP contribution in [0, 0.1) is 0 Å². The molecular formula is C16H13F3O2. The van der Waals surface area contributed by atoms with Crippen molar-refractivity contribution in [3.63, 3.8) is 0 Å². The summed E-state index contributed by atoms with van der Waals surface area (Å²) in [6, 6.07) is 13.4. The third kappa shape index (κ3) is 4.34. The SMILES string of the molecule is O=C(OCCc1cccc(C(F)(F)F)c1)c1ccccc1. The highest BCUT2D eigenvalue weighted by Gasteiger charge is 2.30. The minimum atomic E-state index is -4.36. The van der Waals surface area contributed by atoms with Gasteiger partial charge in [0.2, 0.25) is 0 Å². The molecule has 2 nitrogen and oxygen atoms in total. The number of carbonyl (C=O) groups excluding carboxylic acids is 1. The van der Waals surface area contributed by atoms with Crippen LogP contribution in [0.4, 0.5) is 13.2 Å². The summed E-state index contributed by atoms with van der Waals surface area (Å²) in [6.45, 7) is 0.0367. The van der Waals surface area contributed by atoms with E-state index in [9.17, 15) is 18.0 Å². The second kappa shape index (κ2) is 6.43. The first-order valence-corrected chi connectivity index (χ1v) is 6.35. The topological polar surface area (TPSA) is 26.3 Å². The largest absolute Gasteiger partial charge is 0.462 e. The zero-order valence-electron chi connectivity index (χ0n) is 11.1. The quantitative estimate of drug-likeness (QED) is 0.793. The molecule has 2 aromatic carbocycles. The first-order chi connectivity index (χ1) is 9.97. The van der Waals surface area contributed by atoms with E-state index < -0.39 is 17.7 Å². The Morgan fingerprint density at radius 3 is 2.38 bits per heavy atom. The molecule has 0 N–H and O–H groups in total. The number of ether oxygens (including phenoxy) is 1. The van der Waals surface area contributed by atoms with Crippen LogP contribution in [-0.2, 0) is 17.3 Å². The van der Waals surface area contributed by atoms with Gasteiger partial charge >= 0.3 is 12.1 Å². The Hall–Kier alpha value is -2.30. The van der Waals surface area contributed by atoms with Gasteiger partial charge in [0.15, 0.2) is 0 Å². The number of halogens is 3.